The molecule has 0 saturated carbocycles. The fourth-order valence-electron chi connectivity index (χ4n) is 4.25. The van der Waals surface area contributed by atoms with E-state index >= 15 is 0 Å². The van der Waals surface area contributed by atoms with Gasteiger partial charge in [0.1, 0.15) is 0 Å². The Morgan fingerprint density at radius 3 is 2.41 bits per heavy atom. The number of carbonyl (C=O) groups excluding carboxylic acids is 1. The van der Waals surface area contributed by atoms with Crippen molar-refractivity contribution < 1.29 is 4.79 Å². The summed E-state index contributed by atoms with van der Waals surface area (Å²) in [5.74, 6) is 1.24. The van der Waals surface area contributed by atoms with Crippen molar-refractivity contribution in [1.29, 1.82) is 0 Å². The molecule has 2 heterocycles. The van der Waals surface area contributed by atoms with Crippen molar-refractivity contribution in [2.24, 2.45) is 0 Å². The van der Waals surface area contributed by atoms with E-state index in [0.29, 0.717) is 12.3 Å². The van der Waals surface area contributed by atoms with Gasteiger partial charge in [0.15, 0.2) is 11.0 Å². The third kappa shape index (κ3) is 6.46. The molecular formula is C26H34N6OS. The monoisotopic (exact) mass is 478 g/mol. The molecule has 34 heavy (non-hydrogen) atoms. The van der Waals surface area contributed by atoms with E-state index in [1.807, 2.05) is 12.1 Å². The number of nitrogens with one attached hydrogen (secondary N) is 1. The molecule has 0 aliphatic carbocycles. The Morgan fingerprint density at radius 2 is 1.68 bits per heavy atom. The van der Waals surface area contributed by atoms with Crippen LogP contribution in [0.4, 0.5) is 0 Å². The van der Waals surface area contributed by atoms with Crippen molar-refractivity contribution in [3.8, 4) is 11.4 Å². The minimum absolute atomic E-state index is 0.0378. The molecule has 180 valence electrons. The van der Waals surface area contributed by atoms with Crippen LogP contribution in [0.15, 0.2) is 59.8 Å². The Labute approximate surface area is 206 Å². The van der Waals surface area contributed by atoms with E-state index in [0.717, 1.165) is 62.4 Å². The lowest BCUT2D eigenvalue weighted by Gasteiger charge is -2.34. The van der Waals surface area contributed by atoms with Gasteiger partial charge in [0.05, 0.1) is 5.75 Å². The SMILES string of the molecule is CCn1c(SCC(=O)NCCN2CCN(Cc3ccccc3)CC2)nnc1-c1ccccc1C. The summed E-state index contributed by atoms with van der Waals surface area (Å²) in [6, 6.07) is 18.8. The fourth-order valence-corrected chi connectivity index (χ4v) is 5.08. The zero-order valence-electron chi connectivity index (χ0n) is 20.1. The number of carbonyl (C=O) groups is 1. The number of piperazine rings is 1. The molecule has 8 heteroatoms. The molecule has 1 aliphatic heterocycles. The van der Waals surface area contributed by atoms with Gasteiger partial charge in [-0.3, -0.25) is 14.6 Å². The zero-order chi connectivity index (χ0) is 23.8. The van der Waals surface area contributed by atoms with Crippen molar-refractivity contribution in [1.82, 2.24) is 29.9 Å². The molecule has 0 radical (unpaired) electrons. The second-order valence-corrected chi connectivity index (χ2v) is 9.55. The van der Waals surface area contributed by atoms with Gasteiger partial charge in [-0.25, -0.2) is 0 Å². The van der Waals surface area contributed by atoms with Crippen LogP contribution in [0.3, 0.4) is 0 Å². The molecule has 4 rings (SSSR count). The topological polar surface area (TPSA) is 66.3 Å². The maximum atomic E-state index is 12.4. The zero-order valence-corrected chi connectivity index (χ0v) is 20.9. The summed E-state index contributed by atoms with van der Waals surface area (Å²) in [5.41, 5.74) is 3.61. The first-order valence-corrected chi connectivity index (χ1v) is 13.0. The molecule has 2 aromatic carbocycles. The average Bonchev–Trinajstić information content (AvgIpc) is 3.27. The molecule has 3 aromatic rings. The predicted molar refractivity (Wildman–Crippen MR) is 138 cm³/mol. The van der Waals surface area contributed by atoms with Crippen molar-refractivity contribution in [2.45, 2.75) is 32.1 Å². The normalized spacial score (nSPS) is 14.9. The number of hydrogen-bond donors (Lipinski definition) is 1. The minimum Gasteiger partial charge on any atom is -0.354 e. The summed E-state index contributed by atoms with van der Waals surface area (Å²) in [6.45, 7) is 11.7. The van der Waals surface area contributed by atoms with E-state index < -0.39 is 0 Å². The lowest BCUT2D eigenvalue weighted by molar-refractivity contribution is -0.118. The lowest BCUT2D eigenvalue weighted by Crippen LogP contribution is -2.48. The molecule has 7 nitrogen and oxygen atoms in total. The molecule has 1 aliphatic rings. The third-order valence-corrected chi connectivity index (χ3v) is 7.18. The van der Waals surface area contributed by atoms with Crippen molar-refractivity contribution in [2.75, 3.05) is 45.0 Å². The van der Waals surface area contributed by atoms with Gasteiger partial charge in [0.2, 0.25) is 5.91 Å². The number of benzene rings is 2. The number of aromatic nitrogens is 3. The van der Waals surface area contributed by atoms with Gasteiger partial charge in [0.25, 0.3) is 0 Å². The third-order valence-electron chi connectivity index (χ3n) is 6.22. The standard InChI is InChI=1S/C26H34N6OS/c1-3-32-25(23-12-8-7-9-21(23)2)28-29-26(32)34-20-24(33)27-13-14-30-15-17-31(18-16-30)19-22-10-5-4-6-11-22/h4-12H,3,13-20H2,1-2H3,(H,27,33). The van der Waals surface area contributed by atoms with Gasteiger partial charge in [-0.2, -0.15) is 0 Å². The summed E-state index contributed by atoms with van der Waals surface area (Å²) in [5, 5.41) is 12.6. The van der Waals surface area contributed by atoms with Crippen LogP contribution in [0, 0.1) is 6.92 Å². The first-order chi connectivity index (χ1) is 16.6. The number of hydrogen-bond acceptors (Lipinski definition) is 6. The first-order valence-electron chi connectivity index (χ1n) is 12.0. The van der Waals surface area contributed by atoms with Crippen molar-refractivity contribution >= 4 is 17.7 Å². The molecule has 1 aromatic heterocycles. The van der Waals surface area contributed by atoms with Gasteiger partial charge in [-0.15, -0.1) is 10.2 Å². The highest BCUT2D eigenvalue weighted by Crippen LogP contribution is 2.26. The Hall–Kier alpha value is -2.68. The van der Waals surface area contributed by atoms with E-state index in [1.54, 1.807) is 0 Å². The Bertz CT molecular complexity index is 1060. The summed E-state index contributed by atoms with van der Waals surface area (Å²) in [7, 11) is 0. The van der Waals surface area contributed by atoms with Crippen LogP contribution < -0.4 is 5.32 Å². The number of amides is 1. The molecule has 0 atom stereocenters. The lowest BCUT2D eigenvalue weighted by atomic mass is 10.1. The quantitative estimate of drug-likeness (QED) is 0.451. The maximum absolute atomic E-state index is 12.4. The van der Waals surface area contributed by atoms with Gasteiger partial charge in [-0.1, -0.05) is 66.4 Å². The average molecular weight is 479 g/mol. The van der Waals surface area contributed by atoms with Crippen LogP contribution in [0.2, 0.25) is 0 Å². The van der Waals surface area contributed by atoms with E-state index in [9.17, 15) is 4.79 Å². The summed E-state index contributed by atoms with van der Waals surface area (Å²) < 4.78 is 2.08. The van der Waals surface area contributed by atoms with E-state index in [1.165, 1.54) is 22.9 Å². The van der Waals surface area contributed by atoms with Crippen LogP contribution in [0.1, 0.15) is 18.1 Å². The molecule has 0 unspecified atom stereocenters. The number of nitrogens with zero attached hydrogens (tertiary/aromatic N) is 5. The molecule has 1 saturated heterocycles. The van der Waals surface area contributed by atoms with E-state index in [-0.39, 0.29) is 5.91 Å². The van der Waals surface area contributed by atoms with Gasteiger partial charge >= 0.3 is 0 Å². The van der Waals surface area contributed by atoms with Crippen LogP contribution in [-0.2, 0) is 17.9 Å². The summed E-state index contributed by atoms with van der Waals surface area (Å²) >= 11 is 1.45. The second kappa shape index (κ2) is 12.1. The van der Waals surface area contributed by atoms with Crippen LogP contribution in [0.25, 0.3) is 11.4 Å². The molecule has 1 amide bonds. The number of rotatable bonds is 10. The highest BCUT2D eigenvalue weighted by molar-refractivity contribution is 7.99. The van der Waals surface area contributed by atoms with E-state index in [4.69, 9.17) is 0 Å². The molecule has 0 bridgehead atoms. The minimum atomic E-state index is 0.0378. The first kappa shape index (κ1) is 24.4. The van der Waals surface area contributed by atoms with Crippen LogP contribution in [-0.4, -0.2) is 75.5 Å². The van der Waals surface area contributed by atoms with Gasteiger partial charge < -0.3 is 9.88 Å². The Morgan fingerprint density at radius 1 is 0.971 bits per heavy atom. The highest BCUT2D eigenvalue weighted by Gasteiger charge is 2.18. The van der Waals surface area contributed by atoms with Gasteiger partial charge in [0, 0.05) is 57.9 Å². The molecular weight excluding hydrogens is 444 g/mol. The van der Waals surface area contributed by atoms with Gasteiger partial charge in [-0.05, 0) is 25.0 Å². The number of thioether (sulfide) groups is 1. The van der Waals surface area contributed by atoms with E-state index in [2.05, 4.69) is 86.2 Å². The second-order valence-electron chi connectivity index (χ2n) is 8.61. The molecule has 1 N–H and O–H groups in total. The summed E-state index contributed by atoms with van der Waals surface area (Å²) in [4.78, 5) is 17.4. The van der Waals surface area contributed by atoms with Crippen LogP contribution >= 0.6 is 11.8 Å². The highest BCUT2D eigenvalue weighted by atomic mass is 32.2. The largest absolute Gasteiger partial charge is 0.354 e. The maximum Gasteiger partial charge on any atom is 0.230 e. The molecule has 1 fully saturated rings. The Balaban J connectivity index is 1.17. The molecule has 0 spiro atoms. The van der Waals surface area contributed by atoms with Crippen LogP contribution in [0.5, 0.6) is 0 Å². The number of aryl methyl sites for hydroxylation is 1. The predicted octanol–water partition coefficient (Wildman–Crippen LogP) is 3.30. The smallest absolute Gasteiger partial charge is 0.230 e. The fraction of sp³-hybridized carbons (Fsp3) is 0.423. The summed E-state index contributed by atoms with van der Waals surface area (Å²) in [6.07, 6.45) is 0. The Kier molecular flexibility index (Phi) is 8.73. The van der Waals surface area contributed by atoms with Crippen molar-refractivity contribution in [3.05, 3.63) is 65.7 Å². The van der Waals surface area contributed by atoms with Crippen molar-refractivity contribution in [3.63, 3.8) is 0 Å².